The molecule has 0 aromatic heterocycles. The van der Waals surface area contributed by atoms with Crippen LogP contribution in [0.25, 0.3) is 0 Å². The fourth-order valence-electron chi connectivity index (χ4n) is 4.31. The van der Waals surface area contributed by atoms with Crippen LogP contribution >= 0.6 is 0 Å². The van der Waals surface area contributed by atoms with Gasteiger partial charge >= 0.3 is 0 Å². The van der Waals surface area contributed by atoms with Crippen molar-refractivity contribution in [1.29, 1.82) is 0 Å². The number of nitrogens with one attached hydrogen (secondary N) is 1. The Morgan fingerprint density at radius 3 is 2.58 bits per heavy atom. The van der Waals surface area contributed by atoms with Gasteiger partial charge in [-0.2, -0.15) is 0 Å². The van der Waals surface area contributed by atoms with E-state index >= 15 is 0 Å². The molecule has 1 N–H and O–H groups in total. The zero-order chi connectivity index (χ0) is 22.0. The van der Waals surface area contributed by atoms with Gasteiger partial charge in [-0.05, 0) is 43.0 Å². The van der Waals surface area contributed by atoms with E-state index in [2.05, 4.69) is 10.2 Å². The monoisotopic (exact) mass is 420 g/mol. The summed E-state index contributed by atoms with van der Waals surface area (Å²) in [4.78, 5) is 43.8. The van der Waals surface area contributed by atoms with Crippen molar-refractivity contribution in [2.45, 2.75) is 31.8 Å². The summed E-state index contributed by atoms with van der Waals surface area (Å²) in [5.41, 5.74) is 3.04. The number of nitrogens with zero attached hydrogens (tertiary/aromatic N) is 3. The van der Waals surface area contributed by atoms with Gasteiger partial charge in [0.1, 0.15) is 12.6 Å². The van der Waals surface area contributed by atoms with Crippen LogP contribution in [0.1, 0.15) is 35.2 Å². The molecule has 2 aromatic carbocycles. The predicted octanol–water partition coefficient (Wildman–Crippen LogP) is 2.41. The average molecular weight is 421 g/mol. The predicted molar refractivity (Wildman–Crippen MR) is 120 cm³/mol. The highest BCUT2D eigenvalue weighted by Gasteiger charge is 2.40. The van der Waals surface area contributed by atoms with E-state index in [0.717, 1.165) is 37.1 Å². The summed E-state index contributed by atoms with van der Waals surface area (Å²) in [6.45, 7) is 1.14. The Bertz CT molecular complexity index is 990. The number of hydrogen-bond acceptors (Lipinski definition) is 4. The number of benzene rings is 2. The van der Waals surface area contributed by atoms with Crippen LogP contribution < -0.4 is 15.1 Å². The molecule has 162 valence electrons. The second kappa shape index (κ2) is 8.79. The van der Waals surface area contributed by atoms with Crippen LogP contribution in [-0.2, 0) is 16.1 Å². The molecule has 1 atom stereocenters. The van der Waals surface area contributed by atoms with Crippen molar-refractivity contribution in [2.24, 2.45) is 0 Å². The highest BCUT2D eigenvalue weighted by Crippen LogP contribution is 2.40. The van der Waals surface area contributed by atoms with Crippen molar-refractivity contribution >= 4 is 29.1 Å². The van der Waals surface area contributed by atoms with E-state index in [1.807, 2.05) is 36.4 Å². The van der Waals surface area contributed by atoms with Gasteiger partial charge in [0.05, 0.1) is 11.4 Å². The van der Waals surface area contributed by atoms with Crippen molar-refractivity contribution in [2.75, 3.05) is 37.0 Å². The van der Waals surface area contributed by atoms with Gasteiger partial charge in [-0.3, -0.25) is 19.3 Å². The maximum Gasteiger partial charge on any atom is 0.253 e. The Labute approximate surface area is 182 Å². The highest BCUT2D eigenvalue weighted by molar-refractivity contribution is 6.09. The molecule has 1 saturated heterocycles. The molecule has 2 aliphatic rings. The van der Waals surface area contributed by atoms with E-state index in [9.17, 15) is 14.4 Å². The number of amides is 3. The third-order valence-corrected chi connectivity index (χ3v) is 5.92. The van der Waals surface area contributed by atoms with Gasteiger partial charge in [-0.15, -0.1) is 0 Å². The first-order chi connectivity index (χ1) is 15.0. The largest absolute Gasteiger partial charge is 0.358 e. The molecule has 4 rings (SSSR count). The first-order valence-corrected chi connectivity index (χ1v) is 10.7. The molecule has 0 radical (unpaired) electrons. The lowest BCUT2D eigenvalue weighted by Crippen LogP contribution is -2.57. The van der Waals surface area contributed by atoms with Crippen molar-refractivity contribution in [3.8, 4) is 0 Å². The standard InChI is InChI=1S/C24H28N4O3/c1-26(2)23(30)18-11-12-19-21(14-18)28(24(31)20-10-6-7-13-27(19)20)16-22(29)25-15-17-8-4-3-5-9-17/h3-5,8-9,11-12,14,20H,6-7,10,13,15-16H2,1-2H3,(H,25,29). The normalized spacial score (nSPS) is 17.6. The second-order valence-electron chi connectivity index (χ2n) is 8.29. The van der Waals surface area contributed by atoms with Gasteiger partial charge in [0.2, 0.25) is 11.8 Å². The number of fused-ring (bicyclic) bond motifs is 3. The van der Waals surface area contributed by atoms with Gasteiger partial charge in [0, 0.05) is 32.7 Å². The molecule has 2 aromatic rings. The van der Waals surface area contributed by atoms with E-state index in [1.165, 1.54) is 4.90 Å². The number of anilines is 2. The summed E-state index contributed by atoms with van der Waals surface area (Å²) in [6.07, 6.45) is 2.80. The van der Waals surface area contributed by atoms with Crippen LogP contribution in [0.15, 0.2) is 48.5 Å². The fourth-order valence-corrected chi connectivity index (χ4v) is 4.31. The molecule has 2 aliphatic heterocycles. The fraction of sp³-hybridized carbons (Fsp3) is 0.375. The Morgan fingerprint density at radius 1 is 1.06 bits per heavy atom. The Morgan fingerprint density at radius 2 is 1.84 bits per heavy atom. The smallest absolute Gasteiger partial charge is 0.253 e. The molecular weight excluding hydrogens is 392 g/mol. The SMILES string of the molecule is CN(C)C(=O)c1ccc2c(c1)N(CC(=O)NCc1ccccc1)C(=O)C1CCCCN21. The summed E-state index contributed by atoms with van der Waals surface area (Å²) in [6, 6.07) is 14.9. The van der Waals surface area contributed by atoms with Crippen LogP contribution in [0.4, 0.5) is 11.4 Å². The molecule has 31 heavy (non-hydrogen) atoms. The van der Waals surface area contributed by atoms with E-state index in [0.29, 0.717) is 17.8 Å². The van der Waals surface area contributed by atoms with Crippen LogP contribution in [-0.4, -0.2) is 55.8 Å². The van der Waals surface area contributed by atoms with Gasteiger partial charge in [0.25, 0.3) is 5.91 Å². The summed E-state index contributed by atoms with van der Waals surface area (Å²) in [5.74, 6) is -0.433. The van der Waals surface area contributed by atoms with Gasteiger partial charge < -0.3 is 15.1 Å². The number of hydrogen-bond donors (Lipinski definition) is 1. The van der Waals surface area contributed by atoms with Crippen molar-refractivity contribution < 1.29 is 14.4 Å². The third kappa shape index (κ3) is 4.26. The van der Waals surface area contributed by atoms with Gasteiger partial charge in [-0.25, -0.2) is 0 Å². The van der Waals surface area contributed by atoms with E-state index in [4.69, 9.17) is 0 Å². The molecule has 3 amide bonds. The molecule has 0 bridgehead atoms. The number of rotatable bonds is 5. The lowest BCUT2D eigenvalue weighted by Gasteiger charge is -2.45. The summed E-state index contributed by atoms with van der Waals surface area (Å²) in [7, 11) is 3.39. The zero-order valence-corrected chi connectivity index (χ0v) is 18.0. The van der Waals surface area contributed by atoms with Gasteiger partial charge in [-0.1, -0.05) is 30.3 Å². The molecule has 1 unspecified atom stereocenters. The number of piperidine rings is 1. The topological polar surface area (TPSA) is 73.0 Å². The minimum Gasteiger partial charge on any atom is -0.358 e. The average Bonchev–Trinajstić information content (AvgIpc) is 2.80. The minimum absolute atomic E-state index is 0.0669. The molecule has 0 saturated carbocycles. The Kier molecular flexibility index (Phi) is 5.93. The maximum absolute atomic E-state index is 13.4. The molecule has 2 heterocycles. The molecule has 7 heteroatoms. The third-order valence-electron chi connectivity index (χ3n) is 5.92. The zero-order valence-electron chi connectivity index (χ0n) is 18.0. The minimum atomic E-state index is -0.251. The molecule has 0 spiro atoms. The molecule has 0 aliphatic carbocycles. The van der Waals surface area contributed by atoms with Crippen molar-refractivity contribution in [1.82, 2.24) is 10.2 Å². The van der Waals surface area contributed by atoms with Crippen molar-refractivity contribution in [3.63, 3.8) is 0 Å². The maximum atomic E-state index is 13.4. The summed E-state index contributed by atoms with van der Waals surface area (Å²) in [5, 5.41) is 2.90. The Hall–Kier alpha value is -3.35. The summed E-state index contributed by atoms with van der Waals surface area (Å²) < 4.78 is 0. The van der Waals surface area contributed by atoms with Gasteiger partial charge in [0.15, 0.2) is 0 Å². The quantitative estimate of drug-likeness (QED) is 0.806. The van der Waals surface area contributed by atoms with Crippen LogP contribution in [0.3, 0.4) is 0 Å². The van der Waals surface area contributed by atoms with Crippen molar-refractivity contribution in [3.05, 3.63) is 59.7 Å². The van der Waals surface area contributed by atoms with Crippen LogP contribution in [0, 0.1) is 0 Å². The second-order valence-corrected chi connectivity index (χ2v) is 8.29. The first kappa shape index (κ1) is 20.9. The molecule has 7 nitrogen and oxygen atoms in total. The summed E-state index contributed by atoms with van der Waals surface area (Å²) >= 11 is 0. The Balaban J connectivity index is 1.61. The van der Waals surface area contributed by atoms with Crippen LogP contribution in [0.2, 0.25) is 0 Å². The van der Waals surface area contributed by atoms with E-state index in [-0.39, 0.29) is 30.3 Å². The number of carbonyl (C=O) groups is 3. The first-order valence-electron chi connectivity index (χ1n) is 10.7. The lowest BCUT2D eigenvalue weighted by atomic mass is 9.95. The highest BCUT2D eigenvalue weighted by atomic mass is 16.2. The van der Waals surface area contributed by atoms with Crippen LogP contribution in [0.5, 0.6) is 0 Å². The van der Waals surface area contributed by atoms with E-state index < -0.39 is 0 Å². The molecular formula is C24H28N4O3. The van der Waals surface area contributed by atoms with E-state index in [1.54, 1.807) is 31.1 Å². The lowest BCUT2D eigenvalue weighted by molar-refractivity contribution is -0.125. The molecule has 1 fully saturated rings. The number of carbonyl (C=O) groups excluding carboxylic acids is 3.